The third kappa shape index (κ3) is 2.88. The van der Waals surface area contributed by atoms with Crippen molar-refractivity contribution < 1.29 is 4.52 Å². The number of aromatic nitrogens is 5. The van der Waals surface area contributed by atoms with Crippen LogP contribution in [-0.4, -0.2) is 25.1 Å². The average Bonchev–Trinajstić information content (AvgIpc) is 3.08. The fourth-order valence-electron chi connectivity index (χ4n) is 1.68. The van der Waals surface area contributed by atoms with E-state index in [1.54, 1.807) is 10.9 Å². The molecule has 0 unspecified atom stereocenters. The quantitative estimate of drug-likeness (QED) is 0.674. The first-order valence-electron chi connectivity index (χ1n) is 5.78. The topological polar surface area (TPSA) is 69.6 Å². The van der Waals surface area contributed by atoms with Gasteiger partial charge in [0.1, 0.15) is 6.54 Å². The summed E-state index contributed by atoms with van der Waals surface area (Å²) in [4.78, 5) is 4.33. The summed E-state index contributed by atoms with van der Waals surface area (Å²) in [5.74, 6) is 1.33. The number of nitrogens with zero attached hydrogens (tertiary/aromatic N) is 5. The molecule has 2 heterocycles. The van der Waals surface area contributed by atoms with Crippen molar-refractivity contribution in [2.75, 3.05) is 0 Å². The molecule has 20 heavy (non-hydrogen) atoms. The van der Waals surface area contributed by atoms with Crippen molar-refractivity contribution in [1.82, 2.24) is 25.1 Å². The lowest BCUT2D eigenvalue weighted by atomic mass is 10.2. The third-order valence-electron chi connectivity index (χ3n) is 2.57. The van der Waals surface area contributed by atoms with Crippen LogP contribution in [0.4, 0.5) is 0 Å². The number of halogens is 2. The van der Waals surface area contributed by atoms with Crippen LogP contribution in [0.5, 0.6) is 0 Å². The number of benzene rings is 1. The van der Waals surface area contributed by atoms with Crippen molar-refractivity contribution >= 4 is 27.5 Å². The van der Waals surface area contributed by atoms with Crippen LogP contribution in [0, 0.1) is 0 Å². The Bertz CT molecular complexity index is 726. The Morgan fingerprint density at radius 1 is 1.35 bits per heavy atom. The molecule has 3 aromatic rings. The Morgan fingerprint density at radius 2 is 2.25 bits per heavy atom. The van der Waals surface area contributed by atoms with Crippen LogP contribution >= 0.6 is 27.5 Å². The second kappa shape index (κ2) is 5.72. The van der Waals surface area contributed by atoms with Crippen molar-refractivity contribution in [1.29, 1.82) is 0 Å². The monoisotopic (exact) mass is 353 g/mol. The van der Waals surface area contributed by atoms with Crippen molar-refractivity contribution in [2.24, 2.45) is 0 Å². The van der Waals surface area contributed by atoms with E-state index in [1.807, 2.05) is 24.3 Å². The molecule has 0 aliphatic heterocycles. The summed E-state index contributed by atoms with van der Waals surface area (Å²) in [5, 5.41) is 11.8. The first-order valence-corrected chi connectivity index (χ1v) is 7.11. The smallest absolute Gasteiger partial charge is 0.248 e. The molecule has 0 saturated carbocycles. The maximum absolute atomic E-state index is 5.67. The lowest BCUT2D eigenvalue weighted by molar-refractivity contribution is 0.364. The first-order chi connectivity index (χ1) is 9.74. The van der Waals surface area contributed by atoms with Gasteiger partial charge in [0.25, 0.3) is 0 Å². The molecule has 3 rings (SSSR count). The molecule has 0 bridgehead atoms. The van der Waals surface area contributed by atoms with Crippen LogP contribution in [0.15, 0.2) is 39.5 Å². The fraction of sp³-hybridized carbons (Fsp3) is 0.167. The van der Waals surface area contributed by atoms with E-state index >= 15 is 0 Å². The summed E-state index contributed by atoms with van der Waals surface area (Å²) in [6, 6.07) is 7.70. The Kier molecular flexibility index (Phi) is 3.79. The van der Waals surface area contributed by atoms with Crippen LogP contribution in [0.1, 0.15) is 11.6 Å². The first kappa shape index (κ1) is 13.3. The minimum Gasteiger partial charge on any atom is -0.337 e. The summed E-state index contributed by atoms with van der Waals surface area (Å²) >= 11 is 9.08. The zero-order valence-electron chi connectivity index (χ0n) is 10.2. The van der Waals surface area contributed by atoms with E-state index in [0.29, 0.717) is 29.8 Å². The molecule has 8 heteroatoms. The predicted molar refractivity (Wildman–Crippen MR) is 76.1 cm³/mol. The minimum atomic E-state index is 0.327. The highest BCUT2D eigenvalue weighted by molar-refractivity contribution is 9.10. The highest BCUT2D eigenvalue weighted by Crippen LogP contribution is 2.20. The Balaban J connectivity index is 1.80. The van der Waals surface area contributed by atoms with E-state index < -0.39 is 0 Å². The molecular weight excluding hydrogens is 346 g/mol. The van der Waals surface area contributed by atoms with Gasteiger partial charge in [0.2, 0.25) is 11.7 Å². The van der Waals surface area contributed by atoms with Gasteiger partial charge in [-0.2, -0.15) is 4.98 Å². The summed E-state index contributed by atoms with van der Waals surface area (Å²) in [6.45, 7) is 0.366. The van der Waals surface area contributed by atoms with Gasteiger partial charge in [-0.15, -0.1) is 16.7 Å². The molecule has 0 radical (unpaired) electrons. The van der Waals surface area contributed by atoms with Crippen LogP contribution < -0.4 is 0 Å². The molecule has 0 N–H and O–H groups in total. The number of rotatable bonds is 4. The van der Waals surface area contributed by atoms with E-state index in [2.05, 4.69) is 36.4 Å². The Morgan fingerprint density at radius 3 is 3.00 bits per heavy atom. The van der Waals surface area contributed by atoms with Gasteiger partial charge in [-0.3, -0.25) is 0 Å². The van der Waals surface area contributed by atoms with Gasteiger partial charge >= 0.3 is 0 Å². The van der Waals surface area contributed by atoms with Crippen LogP contribution in [0.2, 0.25) is 0 Å². The van der Waals surface area contributed by atoms with Gasteiger partial charge in [0.05, 0.1) is 17.8 Å². The van der Waals surface area contributed by atoms with Crippen molar-refractivity contribution in [2.45, 2.75) is 12.4 Å². The van der Waals surface area contributed by atoms with Crippen molar-refractivity contribution in [3.8, 4) is 11.4 Å². The fourth-order valence-corrected chi connectivity index (χ4v) is 2.20. The van der Waals surface area contributed by atoms with E-state index in [0.717, 1.165) is 10.0 Å². The van der Waals surface area contributed by atoms with Gasteiger partial charge < -0.3 is 4.52 Å². The summed E-state index contributed by atoms with van der Waals surface area (Å²) in [6.07, 6.45) is 1.75. The van der Waals surface area contributed by atoms with Crippen LogP contribution in [0.25, 0.3) is 11.4 Å². The lowest BCUT2D eigenvalue weighted by Crippen LogP contribution is -2.00. The molecule has 2 aromatic heterocycles. The molecular formula is C12H9BrClN5O. The number of hydrogen-bond acceptors (Lipinski definition) is 5. The molecule has 0 saturated heterocycles. The maximum atomic E-state index is 5.67. The van der Waals surface area contributed by atoms with E-state index in [1.165, 1.54) is 0 Å². The zero-order chi connectivity index (χ0) is 13.9. The molecule has 0 atom stereocenters. The van der Waals surface area contributed by atoms with Gasteiger partial charge in [0, 0.05) is 10.0 Å². The van der Waals surface area contributed by atoms with E-state index in [4.69, 9.17) is 16.1 Å². The van der Waals surface area contributed by atoms with Gasteiger partial charge in [0.15, 0.2) is 0 Å². The highest BCUT2D eigenvalue weighted by Gasteiger charge is 2.10. The average molecular weight is 355 g/mol. The molecule has 6 nitrogen and oxygen atoms in total. The van der Waals surface area contributed by atoms with Gasteiger partial charge in [-0.05, 0) is 12.1 Å². The summed E-state index contributed by atoms with van der Waals surface area (Å²) < 4.78 is 7.78. The van der Waals surface area contributed by atoms with Crippen LogP contribution in [0.3, 0.4) is 0 Å². The number of hydrogen-bond donors (Lipinski definition) is 0. The second-order valence-electron chi connectivity index (χ2n) is 4.06. The SMILES string of the molecule is ClCc1cn(Cc2nc(-c3cccc(Br)c3)no2)nn1. The van der Waals surface area contributed by atoms with Gasteiger partial charge in [-0.25, -0.2) is 4.68 Å². The maximum Gasteiger partial charge on any atom is 0.248 e. The molecule has 0 spiro atoms. The van der Waals surface area contributed by atoms with Crippen molar-refractivity contribution in [3.05, 3.63) is 46.5 Å². The highest BCUT2D eigenvalue weighted by atomic mass is 79.9. The lowest BCUT2D eigenvalue weighted by Gasteiger charge is -1.94. The second-order valence-corrected chi connectivity index (χ2v) is 5.25. The van der Waals surface area contributed by atoms with Crippen LogP contribution in [-0.2, 0) is 12.4 Å². The molecule has 0 amide bonds. The van der Waals surface area contributed by atoms with Crippen molar-refractivity contribution in [3.63, 3.8) is 0 Å². The standard InChI is InChI=1S/C12H9BrClN5O/c13-9-3-1-2-8(4-9)12-15-11(20-17-12)7-19-6-10(5-14)16-18-19/h1-4,6H,5,7H2. The molecule has 102 valence electrons. The number of alkyl halides is 1. The molecule has 0 aliphatic rings. The Hall–Kier alpha value is -1.73. The molecule has 1 aromatic carbocycles. The minimum absolute atomic E-state index is 0.327. The van der Waals surface area contributed by atoms with E-state index in [9.17, 15) is 0 Å². The third-order valence-corrected chi connectivity index (χ3v) is 3.34. The predicted octanol–water partition coefficient (Wildman–Crippen LogP) is 2.88. The summed E-state index contributed by atoms with van der Waals surface area (Å²) in [7, 11) is 0. The van der Waals surface area contributed by atoms with Gasteiger partial charge in [-0.1, -0.05) is 38.4 Å². The summed E-state index contributed by atoms with van der Waals surface area (Å²) in [5.41, 5.74) is 1.59. The molecule has 0 fully saturated rings. The zero-order valence-corrected chi connectivity index (χ0v) is 12.5. The molecule has 0 aliphatic carbocycles. The normalized spacial score (nSPS) is 10.9. The Labute approximate surface area is 127 Å². The largest absolute Gasteiger partial charge is 0.337 e. The van der Waals surface area contributed by atoms with E-state index in [-0.39, 0.29) is 0 Å².